The molecule has 0 spiro atoms. The highest BCUT2D eigenvalue weighted by Crippen LogP contribution is 2.33. The molecule has 0 radical (unpaired) electrons. The van der Waals surface area contributed by atoms with E-state index in [-0.39, 0.29) is 0 Å². The Balaban J connectivity index is 2.22. The second-order valence-corrected chi connectivity index (χ2v) is 6.43. The van der Waals surface area contributed by atoms with Gasteiger partial charge in [0.05, 0.1) is 11.3 Å². The van der Waals surface area contributed by atoms with E-state index in [2.05, 4.69) is 35.1 Å². The van der Waals surface area contributed by atoms with E-state index in [0.29, 0.717) is 29.1 Å². The lowest BCUT2D eigenvalue weighted by Gasteiger charge is -2.35. The topological polar surface area (TPSA) is 49.3 Å². The molecule has 1 aromatic rings. The third-order valence-corrected chi connectivity index (χ3v) is 4.75. The Morgan fingerprint density at radius 1 is 1.37 bits per heavy atom. The summed E-state index contributed by atoms with van der Waals surface area (Å²) in [6.07, 6.45) is 3.58. The average Bonchev–Trinajstić information content (AvgIpc) is 2.35. The smallest absolute Gasteiger partial charge is 0.337 e. The Morgan fingerprint density at radius 2 is 2.11 bits per heavy atom. The Morgan fingerprint density at radius 3 is 2.79 bits per heavy atom. The molecule has 104 valence electrons. The highest BCUT2D eigenvalue weighted by Gasteiger charge is 2.27. The van der Waals surface area contributed by atoms with Crippen LogP contribution in [0.25, 0.3) is 0 Å². The van der Waals surface area contributed by atoms with Crippen molar-refractivity contribution in [1.29, 1.82) is 0 Å². The van der Waals surface area contributed by atoms with E-state index >= 15 is 0 Å². The molecule has 0 saturated heterocycles. The van der Waals surface area contributed by atoms with Gasteiger partial charge in [0, 0.05) is 10.5 Å². The molecule has 3 unspecified atom stereocenters. The van der Waals surface area contributed by atoms with Crippen LogP contribution >= 0.6 is 15.9 Å². The van der Waals surface area contributed by atoms with Crippen LogP contribution in [-0.4, -0.2) is 17.1 Å². The van der Waals surface area contributed by atoms with E-state index < -0.39 is 5.97 Å². The second kappa shape index (κ2) is 5.95. The molecule has 1 fully saturated rings. The molecule has 1 aliphatic carbocycles. The number of carboxylic acids is 1. The lowest BCUT2D eigenvalue weighted by atomic mass is 9.78. The van der Waals surface area contributed by atoms with Crippen molar-refractivity contribution in [2.24, 2.45) is 11.8 Å². The number of hydrogen-bond donors (Lipinski definition) is 2. The highest BCUT2D eigenvalue weighted by atomic mass is 79.9. The molecule has 0 bridgehead atoms. The molecule has 4 heteroatoms. The lowest BCUT2D eigenvalue weighted by Crippen LogP contribution is -2.35. The van der Waals surface area contributed by atoms with Gasteiger partial charge in [0.2, 0.25) is 0 Å². The van der Waals surface area contributed by atoms with E-state index in [1.54, 1.807) is 12.1 Å². The monoisotopic (exact) mass is 325 g/mol. The molecule has 0 aromatic heterocycles. The van der Waals surface area contributed by atoms with E-state index in [4.69, 9.17) is 0 Å². The first kappa shape index (κ1) is 14.4. The van der Waals surface area contributed by atoms with Crippen LogP contribution in [0.2, 0.25) is 0 Å². The molecular formula is C15H20BrNO2. The largest absolute Gasteiger partial charge is 0.478 e. The van der Waals surface area contributed by atoms with E-state index in [1.165, 1.54) is 12.8 Å². The fourth-order valence-corrected chi connectivity index (χ4v) is 3.17. The van der Waals surface area contributed by atoms with Crippen LogP contribution in [0.15, 0.2) is 22.7 Å². The lowest BCUT2D eigenvalue weighted by molar-refractivity contribution is 0.0698. The summed E-state index contributed by atoms with van der Waals surface area (Å²) >= 11 is 3.40. The number of nitrogens with one attached hydrogen (secondary N) is 1. The van der Waals surface area contributed by atoms with Gasteiger partial charge in [-0.25, -0.2) is 4.79 Å². The number of rotatable bonds is 3. The molecule has 3 nitrogen and oxygen atoms in total. The van der Waals surface area contributed by atoms with Crippen molar-refractivity contribution >= 4 is 27.6 Å². The Bertz CT molecular complexity index is 475. The molecule has 3 atom stereocenters. The minimum Gasteiger partial charge on any atom is -0.478 e. The minimum atomic E-state index is -0.883. The Hall–Kier alpha value is -1.03. The van der Waals surface area contributed by atoms with Gasteiger partial charge in [0.1, 0.15) is 0 Å². The van der Waals surface area contributed by atoms with Crippen LogP contribution in [0.4, 0.5) is 5.69 Å². The minimum absolute atomic E-state index is 0.341. The Labute approximate surface area is 122 Å². The van der Waals surface area contributed by atoms with Gasteiger partial charge in [-0.05, 0) is 36.5 Å². The standard InChI is InChI=1S/C15H20BrNO2/c1-9-4-3-5-13(10(9)2)17-14-8-11(16)6-7-12(14)15(18)19/h6-10,13,17H,3-5H2,1-2H3,(H,18,19). The number of halogens is 1. The summed E-state index contributed by atoms with van der Waals surface area (Å²) in [6.45, 7) is 4.53. The van der Waals surface area contributed by atoms with Crippen LogP contribution in [0, 0.1) is 11.8 Å². The molecule has 2 rings (SSSR count). The van der Waals surface area contributed by atoms with Gasteiger partial charge in [-0.3, -0.25) is 0 Å². The predicted molar refractivity (Wildman–Crippen MR) is 80.7 cm³/mol. The number of carbonyl (C=O) groups is 1. The van der Waals surface area contributed by atoms with Gasteiger partial charge in [0.15, 0.2) is 0 Å². The molecule has 1 aliphatic rings. The number of benzene rings is 1. The molecule has 1 saturated carbocycles. The molecule has 0 amide bonds. The zero-order valence-corrected chi connectivity index (χ0v) is 12.9. The van der Waals surface area contributed by atoms with E-state index in [1.807, 2.05) is 6.07 Å². The van der Waals surface area contributed by atoms with E-state index in [9.17, 15) is 9.90 Å². The second-order valence-electron chi connectivity index (χ2n) is 5.51. The molecule has 0 aliphatic heterocycles. The Kier molecular flexibility index (Phi) is 4.50. The van der Waals surface area contributed by atoms with Gasteiger partial charge >= 0.3 is 5.97 Å². The van der Waals surface area contributed by atoms with Gasteiger partial charge in [-0.15, -0.1) is 0 Å². The normalized spacial score (nSPS) is 27.0. The van der Waals surface area contributed by atoms with Crippen LogP contribution in [0.3, 0.4) is 0 Å². The van der Waals surface area contributed by atoms with Crippen molar-refractivity contribution in [3.63, 3.8) is 0 Å². The highest BCUT2D eigenvalue weighted by molar-refractivity contribution is 9.10. The summed E-state index contributed by atoms with van der Waals surface area (Å²) in [5, 5.41) is 12.7. The zero-order valence-electron chi connectivity index (χ0n) is 11.3. The van der Waals surface area contributed by atoms with Crippen LogP contribution in [0.5, 0.6) is 0 Å². The third kappa shape index (κ3) is 3.30. The van der Waals surface area contributed by atoms with Gasteiger partial charge < -0.3 is 10.4 Å². The van der Waals surface area contributed by atoms with Gasteiger partial charge in [-0.2, -0.15) is 0 Å². The summed E-state index contributed by atoms with van der Waals surface area (Å²) in [4.78, 5) is 11.3. The molecule has 2 N–H and O–H groups in total. The van der Waals surface area contributed by atoms with Crippen molar-refractivity contribution in [3.8, 4) is 0 Å². The summed E-state index contributed by atoms with van der Waals surface area (Å²) in [5.41, 5.74) is 1.06. The summed E-state index contributed by atoms with van der Waals surface area (Å²) in [7, 11) is 0. The maximum atomic E-state index is 11.3. The molecule has 19 heavy (non-hydrogen) atoms. The third-order valence-electron chi connectivity index (χ3n) is 4.26. The van der Waals surface area contributed by atoms with E-state index in [0.717, 1.165) is 10.9 Å². The van der Waals surface area contributed by atoms with Crippen LogP contribution in [0.1, 0.15) is 43.5 Å². The first-order valence-electron chi connectivity index (χ1n) is 6.78. The quantitative estimate of drug-likeness (QED) is 0.866. The van der Waals surface area contributed by atoms with Crippen LogP contribution in [-0.2, 0) is 0 Å². The number of aromatic carboxylic acids is 1. The van der Waals surface area contributed by atoms with Crippen molar-refractivity contribution in [2.75, 3.05) is 5.32 Å². The number of hydrogen-bond acceptors (Lipinski definition) is 2. The fourth-order valence-electron chi connectivity index (χ4n) is 2.81. The molecule has 1 aromatic carbocycles. The van der Waals surface area contributed by atoms with Gasteiger partial charge in [-0.1, -0.05) is 42.6 Å². The number of anilines is 1. The van der Waals surface area contributed by atoms with Crippen LogP contribution < -0.4 is 5.32 Å². The molecular weight excluding hydrogens is 306 g/mol. The average molecular weight is 326 g/mol. The predicted octanol–water partition coefficient (Wildman–Crippen LogP) is 4.38. The fraction of sp³-hybridized carbons (Fsp3) is 0.533. The maximum absolute atomic E-state index is 11.3. The van der Waals surface area contributed by atoms with Crippen molar-refractivity contribution in [3.05, 3.63) is 28.2 Å². The summed E-state index contributed by atoms with van der Waals surface area (Å²) in [5.74, 6) is 0.368. The van der Waals surface area contributed by atoms with Crippen molar-refractivity contribution in [1.82, 2.24) is 0 Å². The van der Waals surface area contributed by atoms with Gasteiger partial charge in [0.25, 0.3) is 0 Å². The SMILES string of the molecule is CC1CCCC(Nc2cc(Br)ccc2C(=O)O)C1C. The first-order chi connectivity index (χ1) is 8.99. The number of carboxylic acid groups (broad SMARTS) is 1. The molecule has 0 heterocycles. The maximum Gasteiger partial charge on any atom is 0.337 e. The summed E-state index contributed by atoms with van der Waals surface area (Å²) in [6, 6.07) is 5.62. The zero-order chi connectivity index (χ0) is 14.0. The summed E-state index contributed by atoms with van der Waals surface area (Å²) < 4.78 is 0.900. The first-order valence-corrected chi connectivity index (χ1v) is 7.57. The van der Waals surface area contributed by atoms with Crippen molar-refractivity contribution in [2.45, 2.75) is 39.2 Å². The van der Waals surface area contributed by atoms with Crippen molar-refractivity contribution < 1.29 is 9.90 Å².